The van der Waals surface area contributed by atoms with Gasteiger partial charge in [0.1, 0.15) is 0 Å². The molecule has 4 heteroatoms. The average Bonchev–Trinajstić information content (AvgIpc) is 3.39. The van der Waals surface area contributed by atoms with E-state index in [1.54, 1.807) is 6.08 Å². The summed E-state index contributed by atoms with van der Waals surface area (Å²) in [6, 6.07) is -0.647. The summed E-state index contributed by atoms with van der Waals surface area (Å²) < 4.78 is 0. The topological polar surface area (TPSA) is 69.6 Å². The third-order valence-electron chi connectivity index (χ3n) is 15.0. The van der Waals surface area contributed by atoms with Crippen LogP contribution < -0.4 is 5.32 Å². The van der Waals surface area contributed by atoms with E-state index in [0.29, 0.717) is 6.42 Å². The summed E-state index contributed by atoms with van der Waals surface area (Å²) in [6.07, 6.45) is 90.0. The van der Waals surface area contributed by atoms with Crippen molar-refractivity contribution in [1.82, 2.24) is 5.32 Å². The molecule has 0 aliphatic carbocycles. The number of carbonyl (C=O) groups excluding carboxylic acids is 1. The molecule has 4 nitrogen and oxygen atoms in total. The lowest BCUT2D eigenvalue weighted by Crippen LogP contribution is -2.45. The molecule has 0 aromatic rings. The van der Waals surface area contributed by atoms with Crippen LogP contribution >= 0.6 is 0 Å². The number of amides is 1. The van der Waals surface area contributed by atoms with Gasteiger partial charge in [-0.1, -0.05) is 325 Å². The number of nitrogens with one attached hydrogen (secondary N) is 1. The Hall–Kier alpha value is -1.91. The largest absolute Gasteiger partial charge is 0.394 e. The highest BCUT2D eigenvalue weighted by atomic mass is 16.3. The molecule has 0 aliphatic rings. The maximum absolute atomic E-state index is 12.5. The highest BCUT2D eigenvalue weighted by Gasteiger charge is 2.18. The van der Waals surface area contributed by atoms with E-state index >= 15 is 0 Å². The van der Waals surface area contributed by atoms with Crippen LogP contribution in [0, 0.1) is 0 Å². The zero-order valence-electron chi connectivity index (χ0n) is 48.7. The first-order chi connectivity index (χ1) is 35.7. The van der Waals surface area contributed by atoms with Gasteiger partial charge in [0.15, 0.2) is 0 Å². The Labute approximate surface area is 451 Å². The molecule has 0 aromatic heterocycles. The van der Waals surface area contributed by atoms with Crippen LogP contribution in [0.15, 0.2) is 60.8 Å². The number of allylic oxidation sites excluding steroid dienone is 9. The highest BCUT2D eigenvalue weighted by Crippen LogP contribution is 2.18. The van der Waals surface area contributed by atoms with Crippen molar-refractivity contribution in [2.45, 2.75) is 360 Å². The summed E-state index contributed by atoms with van der Waals surface area (Å²) >= 11 is 0. The van der Waals surface area contributed by atoms with E-state index in [4.69, 9.17) is 0 Å². The van der Waals surface area contributed by atoms with Crippen LogP contribution in [0.3, 0.4) is 0 Å². The standard InChI is InChI=1S/C68H127NO3/c1-3-5-7-9-11-13-15-17-19-21-23-25-27-28-29-30-31-32-33-34-35-36-37-38-39-40-42-44-46-48-50-52-54-56-58-60-62-64-68(72)69-66(65-70)67(71)63-61-59-57-55-53-51-49-47-45-43-41-26-24-22-20-18-16-14-12-10-8-6-4-2/h15,17,21,23,45,47,53,55,61,63,66-67,70-71H,3-14,16,18-20,22,24-44,46,48-52,54,56-60,62,64-65H2,1-2H3,(H,69,72)/b17-15-,23-21-,47-45+,55-53+,63-61+. The fraction of sp³-hybridized carbons (Fsp3) is 0.838. The van der Waals surface area contributed by atoms with E-state index in [2.05, 4.69) is 67.8 Å². The van der Waals surface area contributed by atoms with Gasteiger partial charge in [0.05, 0.1) is 18.8 Å². The summed E-state index contributed by atoms with van der Waals surface area (Å²) in [5, 5.41) is 23.2. The van der Waals surface area contributed by atoms with Crippen molar-refractivity contribution in [3.8, 4) is 0 Å². The van der Waals surface area contributed by atoms with E-state index in [1.807, 2.05) is 6.08 Å². The molecule has 2 atom stereocenters. The second kappa shape index (κ2) is 63.4. The number of hydrogen-bond acceptors (Lipinski definition) is 3. The van der Waals surface area contributed by atoms with Gasteiger partial charge in [0, 0.05) is 6.42 Å². The van der Waals surface area contributed by atoms with E-state index < -0.39 is 12.1 Å². The molecule has 0 heterocycles. The average molecular weight is 1010 g/mol. The first kappa shape index (κ1) is 70.1. The first-order valence-corrected chi connectivity index (χ1v) is 32.5. The van der Waals surface area contributed by atoms with E-state index in [9.17, 15) is 15.0 Å². The fourth-order valence-electron chi connectivity index (χ4n) is 10.0. The molecule has 2 unspecified atom stereocenters. The summed E-state index contributed by atoms with van der Waals surface area (Å²) in [7, 11) is 0. The number of carbonyl (C=O) groups is 1. The lowest BCUT2D eigenvalue weighted by Gasteiger charge is -2.19. The predicted octanol–water partition coefficient (Wildman–Crippen LogP) is 21.9. The molecule has 0 aromatic carbocycles. The van der Waals surface area contributed by atoms with Crippen molar-refractivity contribution in [2.75, 3.05) is 6.61 Å². The minimum Gasteiger partial charge on any atom is -0.394 e. The summed E-state index contributed by atoms with van der Waals surface area (Å²) in [5.74, 6) is -0.0723. The lowest BCUT2D eigenvalue weighted by atomic mass is 10.0. The summed E-state index contributed by atoms with van der Waals surface area (Å²) in [6.45, 7) is 4.31. The van der Waals surface area contributed by atoms with Gasteiger partial charge in [0.25, 0.3) is 0 Å². The molecule has 0 bridgehead atoms. The minimum atomic E-state index is -0.871. The Bertz CT molecular complexity index is 1190. The van der Waals surface area contributed by atoms with Gasteiger partial charge >= 0.3 is 0 Å². The Balaban J connectivity index is 3.46. The number of aliphatic hydroxyl groups is 2. The van der Waals surface area contributed by atoms with Gasteiger partial charge in [-0.25, -0.2) is 0 Å². The number of rotatable bonds is 60. The minimum absolute atomic E-state index is 0.0723. The molecule has 0 aliphatic heterocycles. The van der Waals surface area contributed by atoms with Crippen LogP contribution in [0.25, 0.3) is 0 Å². The zero-order chi connectivity index (χ0) is 52.0. The second-order valence-corrected chi connectivity index (χ2v) is 22.2. The molecular formula is C68H127NO3. The number of unbranched alkanes of at least 4 members (excludes halogenated alkanes) is 45. The maximum atomic E-state index is 12.5. The van der Waals surface area contributed by atoms with Crippen molar-refractivity contribution >= 4 is 5.91 Å². The van der Waals surface area contributed by atoms with Crippen LogP contribution in [0.4, 0.5) is 0 Å². The molecule has 0 spiro atoms. The Morgan fingerprint density at radius 2 is 0.583 bits per heavy atom. The van der Waals surface area contributed by atoms with Crippen LogP contribution in [0.5, 0.6) is 0 Å². The fourth-order valence-corrected chi connectivity index (χ4v) is 10.0. The molecule has 3 N–H and O–H groups in total. The van der Waals surface area contributed by atoms with Crippen LogP contribution in [0.2, 0.25) is 0 Å². The molecule has 0 fully saturated rings. The van der Waals surface area contributed by atoms with Crippen LogP contribution in [-0.2, 0) is 4.79 Å². The molecule has 422 valence electrons. The maximum Gasteiger partial charge on any atom is 0.220 e. The van der Waals surface area contributed by atoms with Crippen molar-refractivity contribution < 1.29 is 15.0 Å². The van der Waals surface area contributed by atoms with Crippen LogP contribution in [0.1, 0.15) is 348 Å². The highest BCUT2D eigenvalue weighted by molar-refractivity contribution is 5.76. The Morgan fingerprint density at radius 3 is 0.889 bits per heavy atom. The Morgan fingerprint density at radius 1 is 0.333 bits per heavy atom. The molecule has 0 rings (SSSR count). The smallest absolute Gasteiger partial charge is 0.220 e. The van der Waals surface area contributed by atoms with Gasteiger partial charge in [-0.05, 0) is 77.0 Å². The van der Waals surface area contributed by atoms with Crippen molar-refractivity contribution in [3.05, 3.63) is 60.8 Å². The molecule has 1 amide bonds. The van der Waals surface area contributed by atoms with E-state index in [1.165, 1.54) is 283 Å². The van der Waals surface area contributed by atoms with Gasteiger partial charge in [0.2, 0.25) is 5.91 Å². The number of aliphatic hydroxyl groups excluding tert-OH is 2. The van der Waals surface area contributed by atoms with E-state index in [-0.39, 0.29) is 12.5 Å². The van der Waals surface area contributed by atoms with Gasteiger partial charge in [-0.15, -0.1) is 0 Å². The summed E-state index contributed by atoms with van der Waals surface area (Å²) in [5.41, 5.74) is 0. The second-order valence-electron chi connectivity index (χ2n) is 22.2. The third-order valence-corrected chi connectivity index (χ3v) is 15.0. The first-order valence-electron chi connectivity index (χ1n) is 32.5. The van der Waals surface area contributed by atoms with Crippen molar-refractivity contribution in [3.63, 3.8) is 0 Å². The molecular weight excluding hydrogens is 879 g/mol. The van der Waals surface area contributed by atoms with Gasteiger partial charge < -0.3 is 15.5 Å². The predicted molar refractivity (Wildman–Crippen MR) is 322 cm³/mol. The molecule has 0 saturated carbocycles. The van der Waals surface area contributed by atoms with Crippen molar-refractivity contribution in [1.29, 1.82) is 0 Å². The molecule has 0 radical (unpaired) electrons. The SMILES string of the molecule is CCCCCCC/C=C\C/C=C\CCCCCCCCCCCCCCCCCCCCCCCCCCCC(=O)NC(CO)C(O)/C=C/CC/C=C/CC/C=C/CCCCCCCCCCCCCCC. The normalized spacial score (nSPS) is 13.1. The summed E-state index contributed by atoms with van der Waals surface area (Å²) in [4.78, 5) is 12.5. The third kappa shape index (κ3) is 59.0. The van der Waals surface area contributed by atoms with Crippen LogP contribution in [-0.4, -0.2) is 34.9 Å². The number of hydrogen-bond donors (Lipinski definition) is 3. The lowest BCUT2D eigenvalue weighted by molar-refractivity contribution is -0.123. The Kier molecular flexibility index (Phi) is 61.7. The van der Waals surface area contributed by atoms with E-state index in [0.717, 1.165) is 44.9 Å². The monoisotopic (exact) mass is 1010 g/mol. The molecule has 0 saturated heterocycles. The van der Waals surface area contributed by atoms with Gasteiger partial charge in [-0.3, -0.25) is 4.79 Å². The van der Waals surface area contributed by atoms with Crippen molar-refractivity contribution in [2.24, 2.45) is 0 Å². The zero-order valence-corrected chi connectivity index (χ0v) is 48.7. The quantitative estimate of drug-likeness (QED) is 0.0420. The molecule has 72 heavy (non-hydrogen) atoms. The van der Waals surface area contributed by atoms with Gasteiger partial charge in [-0.2, -0.15) is 0 Å².